The fourth-order valence-electron chi connectivity index (χ4n) is 1.91. The van der Waals surface area contributed by atoms with E-state index in [9.17, 15) is 4.39 Å². The van der Waals surface area contributed by atoms with Crippen LogP contribution in [0.4, 0.5) is 10.1 Å². The Kier molecular flexibility index (Phi) is 5.11. The fourth-order valence-corrected chi connectivity index (χ4v) is 2.10. The molecule has 0 spiro atoms. The van der Waals surface area contributed by atoms with E-state index in [2.05, 4.69) is 5.32 Å². The number of nitrogens with one attached hydrogen (secondary N) is 1. The van der Waals surface area contributed by atoms with Crippen molar-refractivity contribution < 1.29 is 9.13 Å². The molecule has 0 bridgehead atoms. The third kappa shape index (κ3) is 4.16. The maximum Gasteiger partial charge on any atom is 0.173 e. The Morgan fingerprint density at radius 2 is 1.86 bits per heavy atom. The lowest BCUT2D eigenvalue weighted by Crippen LogP contribution is -2.30. The lowest BCUT2D eigenvalue weighted by Gasteiger charge is -2.22. The van der Waals surface area contributed by atoms with E-state index in [0.29, 0.717) is 11.7 Å². The number of ether oxygens (including phenoxy) is 1. The number of methoxy groups -OCH3 is 1. The molecule has 2 rings (SSSR count). The van der Waals surface area contributed by atoms with Crippen LogP contribution in [0.1, 0.15) is 5.56 Å². The summed E-state index contributed by atoms with van der Waals surface area (Å²) in [7, 11) is 3.54. The van der Waals surface area contributed by atoms with Gasteiger partial charge >= 0.3 is 0 Å². The molecule has 0 aromatic heterocycles. The summed E-state index contributed by atoms with van der Waals surface area (Å²) in [6.45, 7) is 0.622. The standard InChI is InChI=1S/C16H17FN2OS/c1-19(11-12-5-3-4-6-15(12)20-2)16(21)18-14-9-7-13(17)8-10-14/h3-10H,11H2,1-2H3,(H,18,21). The van der Waals surface area contributed by atoms with Crippen molar-refractivity contribution in [2.75, 3.05) is 19.5 Å². The topological polar surface area (TPSA) is 24.5 Å². The van der Waals surface area contributed by atoms with Gasteiger partial charge in [0.15, 0.2) is 5.11 Å². The molecule has 0 aliphatic rings. The second-order valence-electron chi connectivity index (χ2n) is 4.60. The van der Waals surface area contributed by atoms with E-state index < -0.39 is 0 Å². The van der Waals surface area contributed by atoms with E-state index >= 15 is 0 Å². The van der Waals surface area contributed by atoms with Crippen LogP contribution < -0.4 is 10.1 Å². The molecular formula is C16H17FN2OS. The maximum atomic E-state index is 12.9. The normalized spacial score (nSPS) is 10.0. The molecule has 110 valence electrons. The van der Waals surface area contributed by atoms with Crippen LogP contribution in [-0.4, -0.2) is 24.2 Å². The van der Waals surface area contributed by atoms with Crippen LogP contribution in [0.15, 0.2) is 48.5 Å². The second kappa shape index (κ2) is 7.04. The first-order valence-corrected chi connectivity index (χ1v) is 6.90. The predicted octanol–water partition coefficient (Wildman–Crippen LogP) is 3.66. The quantitative estimate of drug-likeness (QED) is 0.871. The summed E-state index contributed by atoms with van der Waals surface area (Å²) in [6.07, 6.45) is 0. The van der Waals surface area contributed by atoms with Crippen molar-refractivity contribution in [3.05, 3.63) is 59.9 Å². The van der Waals surface area contributed by atoms with Crippen LogP contribution in [0.25, 0.3) is 0 Å². The number of para-hydroxylation sites is 1. The predicted molar refractivity (Wildman–Crippen MR) is 87.1 cm³/mol. The number of thiocarbonyl (C=S) groups is 1. The highest BCUT2D eigenvalue weighted by Crippen LogP contribution is 2.19. The van der Waals surface area contributed by atoms with E-state index in [0.717, 1.165) is 17.0 Å². The first-order chi connectivity index (χ1) is 10.1. The van der Waals surface area contributed by atoms with Crippen LogP contribution in [0.3, 0.4) is 0 Å². The minimum Gasteiger partial charge on any atom is -0.496 e. The Hall–Kier alpha value is -2.14. The monoisotopic (exact) mass is 304 g/mol. The molecule has 0 saturated heterocycles. The lowest BCUT2D eigenvalue weighted by atomic mass is 10.2. The summed E-state index contributed by atoms with van der Waals surface area (Å²) >= 11 is 5.35. The summed E-state index contributed by atoms with van der Waals surface area (Å²) in [5.41, 5.74) is 1.80. The van der Waals surface area contributed by atoms with E-state index in [1.165, 1.54) is 12.1 Å². The van der Waals surface area contributed by atoms with Crippen molar-refractivity contribution in [2.45, 2.75) is 6.54 Å². The molecule has 0 aliphatic carbocycles. The van der Waals surface area contributed by atoms with Gasteiger partial charge in [-0.05, 0) is 42.5 Å². The highest BCUT2D eigenvalue weighted by atomic mass is 32.1. The van der Waals surface area contributed by atoms with Gasteiger partial charge in [0.25, 0.3) is 0 Å². The molecular weight excluding hydrogens is 287 g/mol. The second-order valence-corrected chi connectivity index (χ2v) is 4.99. The third-order valence-corrected chi connectivity index (χ3v) is 3.46. The van der Waals surface area contributed by atoms with Crippen molar-refractivity contribution in [2.24, 2.45) is 0 Å². The minimum absolute atomic E-state index is 0.270. The van der Waals surface area contributed by atoms with E-state index in [4.69, 9.17) is 17.0 Å². The Morgan fingerprint density at radius 3 is 2.52 bits per heavy atom. The van der Waals surface area contributed by atoms with Crippen molar-refractivity contribution in [1.82, 2.24) is 4.90 Å². The van der Waals surface area contributed by atoms with Gasteiger partial charge in [-0.25, -0.2) is 4.39 Å². The molecule has 0 radical (unpaired) electrons. The van der Waals surface area contributed by atoms with Crippen molar-refractivity contribution in [1.29, 1.82) is 0 Å². The van der Waals surface area contributed by atoms with Gasteiger partial charge in [-0.15, -0.1) is 0 Å². The van der Waals surface area contributed by atoms with Gasteiger partial charge in [0.05, 0.1) is 7.11 Å². The Bertz CT molecular complexity index is 616. The number of hydrogen-bond donors (Lipinski definition) is 1. The number of hydrogen-bond acceptors (Lipinski definition) is 2. The van der Waals surface area contributed by atoms with Crippen LogP contribution >= 0.6 is 12.2 Å². The molecule has 1 N–H and O–H groups in total. The number of benzene rings is 2. The summed E-state index contributed by atoms with van der Waals surface area (Å²) in [5, 5.41) is 3.64. The number of rotatable bonds is 4. The maximum absolute atomic E-state index is 12.9. The highest BCUT2D eigenvalue weighted by molar-refractivity contribution is 7.80. The van der Waals surface area contributed by atoms with Crippen molar-refractivity contribution >= 4 is 23.0 Å². The Morgan fingerprint density at radius 1 is 1.19 bits per heavy atom. The van der Waals surface area contributed by atoms with Crippen LogP contribution in [0, 0.1) is 5.82 Å². The van der Waals surface area contributed by atoms with Gasteiger partial charge in [0, 0.05) is 24.8 Å². The number of nitrogens with zero attached hydrogens (tertiary/aromatic N) is 1. The van der Waals surface area contributed by atoms with Crippen LogP contribution in [0.2, 0.25) is 0 Å². The average Bonchev–Trinajstić information content (AvgIpc) is 2.50. The molecule has 0 atom stereocenters. The average molecular weight is 304 g/mol. The van der Waals surface area contributed by atoms with Gasteiger partial charge < -0.3 is 15.0 Å². The molecule has 2 aromatic rings. The number of anilines is 1. The Labute approximate surface area is 129 Å². The van der Waals surface area contributed by atoms with Gasteiger partial charge in [-0.1, -0.05) is 18.2 Å². The molecule has 3 nitrogen and oxygen atoms in total. The molecule has 21 heavy (non-hydrogen) atoms. The lowest BCUT2D eigenvalue weighted by molar-refractivity contribution is 0.399. The molecule has 5 heteroatoms. The van der Waals surface area contributed by atoms with Gasteiger partial charge in [0.2, 0.25) is 0 Å². The van der Waals surface area contributed by atoms with Crippen molar-refractivity contribution in [3.63, 3.8) is 0 Å². The SMILES string of the molecule is COc1ccccc1CN(C)C(=S)Nc1ccc(F)cc1. The summed E-state index contributed by atoms with van der Waals surface area (Å²) < 4.78 is 18.2. The van der Waals surface area contributed by atoms with Gasteiger partial charge in [0.1, 0.15) is 11.6 Å². The zero-order valence-corrected chi connectivity index (χ0v) is 12.8. The van der Waals surface area contributed by atoms with Crippen LogP contribution in [-0.2, 0) is 6.54 Å². The van der Waals surface area contributed by atoms with E-state index in [-0.39, 0.29) is 5.82 Å². The van der Waals surface area contributed by atoms with Gasteiger partial charge in [-0.3, -0.25) is 0 Å². The first-order valence-electron chi connectivity index (χ1n) is 6.49. The first kappa shape index (κ1) is 15.3. The largest absolute Gasteiger partial charge is 0.496 e. The molecule has 0 fully saturated rings. The molecule has 0 heterocycles. The molecule has 2 aromatic carbocycles. The van der Waals surface area contributed by atoms with E-state index in [1.807, 2.05) is 36.2 Å². The molecule has 0 amide bonds. The fraction of sp³-hybridized carbons (Fsp3) is 0.188. The third-order valence-electron chi connectivity index (χ3n) is 3.04. The molecule has 0 unspecified atom stereocenters. The number of halogens is 1. The summed E-state index contributed by atoms with van der Waals surface area (Å²) in [6, 6.07) is 13.9. The zero-order valence-electron chi connectivity index (χ0n) is 12.0. The minimum atomic E-state index is -0.270. The smallest absolute Gasteiger partial charge is 0.173 e. The molecule has 0 aliphatic heterocycles. The summed E-state index contributed by atoms with van der Waals surface area (Å²) in [5.74, 6) is 0.558. The Balaban J connectivity index is 2.01. The zero-order chi connectivity index (χ0) is 15.2. The van der Waals surface area contributed by atoms with Crippen LogP contribution in [0.5, 0.6) is 5.75 Å². The summed E-state index contributed by atoms with van der Waals surface area (Å²) in [4.78, 5) is 1.90. The molecule has 0 saturated carbocycles. The van der Waals surface area contributed by atoms with Gasteiger partial charge in [-0.2, -0.15) is 0 Å². The van der Waals surface area contributed by atoms with E-state index in [1.54, 1.807) is 19.2 Å². The highest BCUT2D eigenvalue weighted by Gasteiger charge is 2.09. The van der Waals surface area contributed by atoms with Crippen molar-refractivity contribution in [3.8, 4) is 5.75 Å².